The number of benzene rings is 1. The van der Waals surface area contributed by atoms with E-state index in [0.29, 0.717) is 36.3 Å². The monoisotopic (exact) mass is 274 g/mol. The normalized spacial score (nSPS) is 18.4. The predicted octanol–water partition coefficient (Wildman–Crippen LogP) is 2.74. The van der Waals surface area contributed by atoms with Crippen molar-refractivity contribution in [3.63, 3.8) is 0 Å². The molecular weight excluding hydrogens is 256 g/mol. The maximum Gasteiger partial charge on any atom is 0.337 e. The highest BCUT2D eigenvalue weighted by molar-refractivity contribution is 5.98. The lowest BCUT2D eigenvalue weighted by molar-refractivity contribution is -0.137. The molecule has 0 aromatic heterocycles. The molecule has 0 spiro atoms. The summed E-state index contributed by atoms with van der Waals surface area (Å²) in [7, 11) is 1.34. The molecule has 0 saturated heterocycles. The minimum Gasteiger partial charge on any atom is -0.498 e. The van der Waals surface area contributed by atoms with Crippen LogP contribution in [0.3, 0.4) is 0 Å². The van der Waals surface area contributed by atoms with E-state index in [0.717, 1.165) is 0 Å². The van der Waals surface area contributed by atoms with Crippen LogP contribution in [0.1, 0.15) is 30.1 Å². The third-order valence-corrected chi connectivity index (χ3v) is 3.51. The summed E-state index contributed by atoms with van der Waals surface area (Å²) in [6, 6.07) is 9.11. The van der Waals surface area contributed by atoms with Crippen molar-refractivity contribution in [2.75, 3.05) is 13.7 Å². The number of ketones is 1. The van der Waals surface area contributed by atoms with E-state index in [9.17, 15) is 9.59 Å². The van der Waals surface area contributed by atoms with E-state index in [1.54, 1.807) is 19.1 Å². The molecule has 0 bridgehead atoms. The molecular formula is C16H18O4. The highest BCUT2D eigenvalue weighted by atomic mass is 16.5. The van der Waals surface area contributed by atoms with Gasteiger partial charge in [0, 0.05) is 17.9 Å². The smallest absolute Gasteiger partial charge is 0.337 e. The van der Waals surface area contributed by atoms with Gasteiger partial charge >= 0.3 is 5.97 Å². The number of hydrogen-bond donors (Lipinski definition) is 0. The van der Waals surface area contributed by atoms with Gasteiger partial charge in [0.2, 0.25) is 0 Å². The summed E-state index contributed by atoms with van der Waals surface area (Å²) in [4.78, 5) is 24.1. The van der Waals surface area contributed by atoms with Crippen LogP contribution in [0, 0.1) is 5.92 Å². The van der Waals surface area contributed by atoms with Gasteiger partial charge in [-0.05, 0) is 13.3 Å². The molecule has 20 heavy (non-hydrogen) atoms. The first-order chi connectivity index (χ1) is 9.63. The number of methoxy groups -OCH3 is 1. The molecule has 1 aliphatic rings. The van der Waals surface area contributed by atoms with Crippen LogP contribution in [-0.4, -0.2) is 25.5 Å². The van der Waals surface area contributed by atoms with E-state index in [4.69, 9.17) is 9.47 Å². The Morgan fingerprint density at radius 2 is 2.00 bits per heavy atom. The fourth-order valence-electron chi connectivity index (χ4n) is 2.45. The second kappa shape index (κ2) is 6.37. The van der Waals surface area contributed by atoms with Crippen molar-refractivity contribution < 1.29 is 19.1 Å². The minimum atomic E-state index is -0.409. The van der Waals surface area contributed by atoms with Gasteiger partial charge in [0.05, 0.1) is 19.3 Å². The Hall–Kier alpha value is -2.10. The summed E-state index contributed by atoms with van der Waals surface area (Å²) in [5, 5.41) is 0. The molecule has 0 fully saturated rings. The molecule has 0 saturated carbocycles. The summed E-state index contributed by atoms with van der Waals surface area (Å²) < 4.78 is 10.2. The standard InChI is InChI=1S/C16H18O4/c1-11-15(16(18)19-2)13(8-9-20-11)10-14(17)12-6-4-3-5-7-12/h3-7,13H,8-10H2,1-2H3. The van der Waals surface area contributed by atoms with Crippen molar-refractivity contribution in [1.29, 1.82) is 0 Å². The van der Waals surface area contributed by atoms with Crippen molar-refractivity contribution in [2.45, 2.75) is 19.8 Å². The molecule has 1 aromatic rings. The number of ether oxygens (including phenoxy) is 2. The van der Waals surface area contributed by atoms with Crippen molar-refractivity contribution in [2.24, 2.45) is 5.92 Å². The molecule has 0 radical (unpaired) electrons. The largest absolute Gasteiger partial charge is 0.498 e. The van der Waals surface area contributed by atoms with Gasteiger partial charge in [0.1, 0.15) is 5.76 Å². The van der Waals surface area contributed by atoms with E-state index in [1.807, 2.05) is 18.2 Å². The molecule has 2 rings (SSSR count). The number of Topliss-reactive ketones (excluding diaryl/α,β-unsaturated/α-hetero) is 1. The number of allylic oxidation sites excluding steroid dienone is 1. The number of carbonyl (C=O) groups is 2. The van der Waals surface area contributed by atoms with E-state index in [-0.39, 0.29) is 11.7 Å². The van der Waals surface area contributed by atoms with Crippen molar-refractivity contribution in [3.8, 4) is 0 Å². The van der Waals surface area contributed by atoms with Crippen LogP contribution < -0.4 is 0 Å². The van der Waals surface area contributed by atoms with Crippen LogP contribution in [0.4, 0.5) is 0 Å². The second-order valence-electron chi connectivity index (χ2n) is 4.79. The third-order valence-electron chi connectivity index (χ3n) is 3.51. The molecule has 1 atom stereocenters. The summed E-state index contributed by atoms with van der Waals surface area (Å²) >= 11 is 0. The minimum absolute atomic E-state index is 0.0340. The maximum atomic E-state index is 12.3. The van der Waals surface area contributed by atoms with Gasteiger partial charge in [0.25, 0.3) is 0 Å². The molecule has 4 nitrogen and oxygen atoms in total. The Labute approximate surface area is 118 Å². The highest BCUT2D eigenvalue weighted by Crippen LogP contribution is 2.30. The van der Waals surface area contributed by atoms with Crippen molar-refractivity contribution >= 4 is 11.8 Å². The average Bonchev–Trinajstić information content (AvgIpc) is 2.47. The number of carbonyl (C=O) groups excluding carboxylic acids is 2. The molecule has 4 heteroatoms. The molecule has 1 unspecified atom stereocenters. The SMILES string of the molecule is COC(=O)C1=C(C)OCCC1CC(=O)c1ccccc1. The van der Waals surface area contributed by atoms with Crippen LogP contribution in [-0.2, 0) is 14.3 Å². The zero-order valence-electron chi connectivity index (χ0n) is 11.7. The molecule has 0 amide bonds. The first-order valence-corrected chi connectivity index (χ1v) is 6.63. The van der Waals surface area contributed by atoms with E-state index >= 15 is 0 Å². The first-order valence-electron chi connectivity index (χ1n) is 6.63. The van der Waals surface area contributed by atoms with Crippen LogP contribution >= 0.6 is 0 Å². The fourth-order valence-corrected chi connectivity index (χ4v) is 2.45. The lowest BCUT2D eigenvalue weighted by atomic mass is 9.87. The lowest BCUT2D eigenvalue weighted by Gasteiger charge is -2.25. The Morgan fingerprint density at radius 3 is 2.65 bits per heavy atom. The van der Waals surface area contributed by atoms with Gasteiger partial charge in [-0.3, -0.25) is 4.79 Å². The zero-order valence-corrected chi connectivity index (χ0v) is 11.7. The topological polar surface area (TPSA) is 52.6 Å². The molecule has 106 valence electrons. The number of hydrogen-bond acceptors (Lipinski definition) is 4. The van der Waals surface area contributed by atoms with Crippen LogP contribution in [0.25, 0.3) is 0 Å². The first kappa shape index (κ1) is 14.3. The zero-order chi connectivity index (χ0) is 14.5. The maximum absolute atomic E-state index is 12.3. The third kappa shape index (κ3) is 3.07. The van der Waals surface area contributed by atoms with E-state index in [1.165, 1.54) is 7.11 Å². The van der Waals surface area contributed by atoms with Crippen LogP contribution in [0.15, 0.2) is 41.7 Å². The predicted molar refractivity (Wildman–Crippen MR) is 74.2 cm³/mol. The Morgan fingerprint density at radius 1 is 1.30 bits per heavy atom. The molecule has 0 N–H and O–H groups in total. The van der Waals surface area contributed by atoms with Crippen LogP contribution in [0.5, 0.6) is 0 Å². The quantitative estimate of drug-likeness (QED) is 0.625. The van der Waals surface area contributed by atoms with Crippen molar-refractivity contribution in [1.82, 2.24) is 0 Å². The van der Waals surface area contributed by atoms with Crippen LogP contribution in [0.2, 0.25) is 0 Å². The average molecular weight is 274 g/mol. The van der Waals surface area contributed by atoms with Crippen molar-refractivity contribution in [3.05, 3.63) is 47.2 Å². The second-order valence-corrected chi connectivity index (χ2v) is 4.79. The lowest BCUT2D eigenvalue weighted by Crippen LogP contribution is -2.25. The Kier molecular flexibility index (Phi) is 4.56. The highest BCUT2D eigenvalue weighted by Gasteiger charge is 2.30. The molecule has 0 aliphatic carbocycles. The number of esters is 1. The van der Waals surface area contributed by atoms with E-state index < -0.39 is 5.97 Å². The van der Waals surface area contributed by atoms with Gasteiger partial charge in [-0.1, -0.05) is 30.3 Å². The summed E-state index contributed by atoms with van der Waals surface area (Å²) in [5.74, 6) is 0.0534. The van der Waals surface area contributed by atoms with E-state index in [2.05, 4.69) is 0 Å². The van der Waals surface area contributed by atoms with Gasteiger partial charge in [-0.25, -0.2) is 4.79 Å². The molecule has 1 aliphatic heterocycles. The summed E-state index contributed by atoms with van der Waals surface area (Å²) in [6.07, 6.45) is 0.954. The van der Waals surface area contributed by atoms with Gasteiger partial charge in [-0.15, -0.1) is 0 Å². The molecule has 1 aromatic carbocycles. The van der Waals surface area contributed by atoms with Gasteiger partial charge in [0.15, 0.2) is 5.78 Å². The number of rotatable bonds is 4. The van der Waals surface area contributed by atoms with Gasteiger partial charge in [-0.2, -0.15) is 0 Å². The Bertz CT molecular complexity index is 531. The molecule has 1 heterocycles. The summed E-state index contributed by atoms with van der Waals surface area (Å²) in [5.41, 5.74) is 1.16. The fraction of sp³-hybridized carbons (Fsp3) is 0.375. The summed E-state index contributed by atoms with van der Waals surface area (Å²) in [6.45, 7) is 2.27. The van der Waals surface area contributed by atoms with Gasteiger partial charge < -0.3 is 9.47 Å². The Balaban J connectivity index is 2.17.